The van der Waals surface area contributed by atoms with Crippen molar-refractivity contribution >= 4 is 11.9 Å². The molecule has 0 aliphatic carbocycles. The summed E-state index contributed by atoms with van der Waals surface area (Å²) in [5, 5.41) is 3.32. The van der Waals surface area contributed by atoms with E-state index in [2.05, 4.69) is 12.2 Å². The van der Waals surface area contributed by atoms with Gasteiger partial charge in [-0.25, -0.2) is 4.79 Å². The van der Waals surface area contributed by atoms with Crippen molar-refractivity contribution in [2.75, 3.05) is 26.2 Å². The molecule has 120 valence electrons. The van der Waals surface area contributed by atoms with Gasteiger partial charge >= 0.3 is 5.97 Å². The van der Waals surface area contributed by atoms with Gasteiger partial charge in [-0.05, 0) is 45.6 Å². The molecule has 2 unspecified atom stereocenters. The van der Waals surface area contributed by atoms with E-state index >= 15 is 0 Å². The molecule has 2 fully saturated rings. The van der Waals surface area contributed by atoms with E-state index in [0.29, 0.717) is 13.2 Å². The first-order chi connectivity index (χ1) is 10.1. The second-order valence-electron chi connectivity index (χ2n) is 6.22. The fraction of sp³-hybridized carbons (Fsp3) is 0.875. The fourth-order valence-corrected chi connectivity index (χ4v) is 3.69. The van der Waals surface area contributed by atoms with Crippen LogP contribution in [0, 0.1) is 5.41 Å². The fourth-order valence-electron chi connectivity index (χ4n) is 3.69. The summed E-state index contributed by atoms with van der Waals surface area (Å²) >= 11 is 0. The van der Waals surface area contributed by atoms with Crippen LogP contribution in [0.4, 0.5) is 0 Å². The van der Waals surface area contributed by atoms with E-state index < -0.39 is 0 Å². The summed E-state index contributed by atoms with van der Waals surface area (Å²) in [6.45, 7) is 6.63. The van der Waals surface area contributed by atoms with Gasteiger partial charge in [-0.15, -0.1) is 0 Å². The van der Waals surface area contributed by atoms with Gasteiger partial charge in [0.2, 0.25) is 5.91 Å². The molecular formula is C16H28N2O3. The van der Waals surface area contributed by atoms with Gasteiger partial charge in [-0.1, -0.05) is 13.3 Å². The Kier molecular flexibility index (Phi) is 5.62. The van der Waals surface area contributed by atoms with Gasteiger partial charge in [-0.2, -0.15) is 0 Å². The van der Waals surface area contributed by atoms with Crippen LogP contribution in [0.5, 0.6) is 0 Å². The average Bonchev–Trinajstić information content (AvgIpc) is 2.97. The predicted octanol–water partition coefficient (Wildman–Crippen LogP) is 1.71. The molecule has 0 radical (unpaired) electrons. The highest BCUT2D eigenvalue weighted by molar-refractivity contribution is 5.88. The third-order valence-electron chi connectivity index (χ3n) is 4.75. The van der Waals surface area contributed by atoms with Crippen LogP contribution in [0.15, 0.2) is 0 Å². The molecule has 1 N–H and O–H groups in total. The van der Waals surface area contributed by atoms with E-state index in [1.165, 1.54) is 0 Å². The second-order valence-corrected chi connectivity index (χ2v) is 6.22. The van der Waals surface area contributed by atoms with Crippen LogP contribution in [-0.4, -0.2) is 49.1 Å². The van der Waals surface area contributed by atoms with Gasteiger partial charge in [0, 0.05) is 13.1 Å². The highest BCUT2D eigenvalue weighted by Gasteiger charge is 2.46. The second kappa shape index (κ2) is 7.25. The Balaban J connectivity index is 2.15. The zero-order chi connectivity index (χ0) is 15.3. The van der Waals surface area contributed by atoms with Crippen molar-refractivity contribution in [3.8, 4) is 0 Å². The molecule has 2 saturated heterocycles. The molecule has 5 nitrogen and oxygen atoms in total. The normalized spacial score (nSPS) is 29.4. The molecule has 21 heavy (non-hydrogen) atoms. The lowest BCUT2D eigenvalue weighted by atomic mass is 9.80. The third-order valence-corrected chi connectivity index (χ3v) is 4.75. The molecule has 0 aromatic heterocycles. The number of esters is 1. The maximum atomic E-state index is 13.1. The number of nitrogens with one attached hydrogen (secondary N) is 1. The smallest absolute Gasteiger partial charge is 0.328 e. The van der Waals surface area contributed by atoms with E-state index in [1.54, 1.807) is 0 Å². The molecule has 5 heteroatoms. The number of rotatable bonds is 5. The summed E-state index contributed by atoms with van der Waals surface area (Å²) in [7, 11) is 0. The van der Waals surface area contributed by atoms with Crippen LogP contribution in [0.3, 0.4) is 0 Å². The van der Waals surface area contributed by atoms with E-state index in [0.717, 1.165) is 51.6 Å². The van der Waals surface area contributed by atoms with Crippen molar-refractivity contribution in [2.24, 2.45) is 5.41 Å². The summed E-state index contributed by atoms with van der Waals surface area (Å²) < 4.78 is 5.17. The number of piperidine rings is 1. The maximum Gasteiger partial charge on any atom is 0.328 e. The number of nitrogens with zero attached hydrogens (tertiary/aromatic N) is 1. The Morgan fingerprint density at radius 1 is 1.33 bits per heavy atom. The predicted molar refractivity (Wildman–Crippen MR) is 80.8 cm³/mol. The number of amides is 1. The van der Waals surface area contributed by atoms with E-state index in [4.69, 9.17) is 4.74 Å². The number of carbonyl (C=O) groups is 2. The summed E-state index contributed by atoms with van der Waals surface area (Å²) in [6.07, 6.45) is 5.48. The van der Waals surface area contributed by atoms with Gasteiger partial charge in [-0.3, -0.25) is 4.79 Å². The van der Waals surface area contributed by atoms with Gasteiger partial charge in [0.25, 0.3) is 0 Å². The van der Waals surface area contributed by atoms with Crippen LogP contribution in [0.1, 0.15) is 52.4 Å². The van der Waals surface area contributed by atoms with Gasteiger partial charge < -0.3 is 15.0 Å². The summed E-state index contributed by atoms with van der Waals surface area (Å²) in [5.74, 6) is -0.0738. The zero-order valence-corrected chi connectivity index (χ0v) is 13.3. The number of carbonyl (C=O) groups excluding carboxylic acids is 2. The van der Waals surface area contributed by atoms with Crippen molar-refractivity contribution < 1.29 is 14.3 Å². The third kappa shape index (κ3) is 3.39. The minimum atomic E-state index is -0.375. The van der Waals surface area contributed by atoms with Crippen LogP contribution < -0.4 is 5.32 Å². The lowest BCUT2D eigenvalue weighted by molar-refractivity contribution is -0.160. The van der Waals surface area contributed by atoms with Gasteiger partial charge in [0.1, 0.15) is 6.04 Å². The van der Waals surface area contributed by atoms with E-state index in [9.17, 15) is 9.59 Å². The number of likely N-dealkylation sites (tertiary alicyclic amines) is 1. The molecule has 0 spiro atoms. The average molecular weight is 296 g/mol. The lowest BCUT2D eigenvalue weighted by Crippen LogP contribution is -2.54. The number of ether oxygens (including phenoxy) is 1. The van der Waals surface area contributed by atoms with Crippen molar-refractivity contribution in [1.29, 1.82) is 0 Å². The van der Waals surface area contributed by atoms with Crippen LogP contribution in [-0.2, 0) is 14.3 Å². The van der Waals surface area contributed by atoms with Crippen LogP contribution >= 0.6 is 0 Å². The van der Waals surface area contributed by atoms with Crippen molar-refractivity contribution in [3.63, 3.8) is 0 Å². The van der Waals surface area contributed by atoms with Gasteiger partial charge in [0.05, 0.1) is 12.0 Å². The first kappa shape index (κ1) is 16.3. The summed E-state index contributed by atoms with van der Waals surface area (Å²) in [5.41, 5.74) is -0.309. The molecular weight excluding hydrogens is 268 g/mol. The zero-order valence-electron chi connectivity index (χ0n) is 13.3. The van der Waals surface area contributed by atoms with Crippen LogP contribution in [0.25, 0.3) is 0 Å². The SMILES string of the molecule is CCCC1(C(=O)N2CCCCC2C(=O)OCC)CCNC1. The van der Waals surface area contributed by atoms with Crippen LogP contribution in [0.2, 0.25) is 0 Å². The molecule has 0 aromatic rings. The molecule has 0 saturated carbocycles. The minimum Gasteiger partial charge on any atom is -0.464 e. The summed E-state index contributed by atoms with van der Waals surface area (Å²) in [4.78, 5) is 27.1. The van der Waals surface area contributed by atoms with Gasteiger partial charge in [0.15, 0.2) is 0 Å². The molecule has 2 heterocycles. The van der Waals surface area contributed by atoms with Crippen molar-refractivity contribution in [2.45, 2.75) is 58.4 Å². The van der Waals surface area contributed by atoms with Crippen molar-refractivity contribution in [1.82, 2.24) is 10.2 Å². The molecule has 2 aliphatic heterocycles. The molecule has 2 atom stereocenters. The highest BCUT2D eigenvalue weighted by atomic mass is 16.5. The Labute approximate surface area is 127 Å². The largest absolute Gasteiger partial charge is 0.464 e. The first-order valence-electron chi connectivity index (χ1n) is 8.33. The Hall–Kier alpha value is -1.10. The summed E-state index contributed by atoms with van der Waals surface area (Å²) in [6, 6.07) is -0.375. The Morgan fingerprint density at radius 2 is 2.14 bits per heavy atom. The standard InChI is InChI=1S/C16H28N2O3/c1-3-8-16(9-10-17-12-16)15(20)18-11-6-5-7-13(18)14(19)21-4-2/h13,17H,3-12H2,1-2H3. The molecule has 2 rings (SSSR count). The van der Waals surface area contributed by atoms with E-state index in [-0.39, 0.29) is 23.3 Å². The van der Waals surface area contributed by atoms with E-state index in [1.807, 2.05) is 11.8 Å². The number of hydrogen-bond acceptors (Lipinski definition) is 4. The molecule has 0 aromatic carbocycles. The maximum absolute atomic E-state index is 13.1. The monoisotopic (exact) mass is 296 g/mol. The minimum absolute atomic E-state index is 0.159. The molecule has 1 amide bonds. The lowest BCUT2D eigenvalue weighted by Gasteiger charge is -2.40. The topological polar surface area (TPSA) is 58.6 Å². The molecule has 2 aliphatic rings. The molecule has 0 bridgehead atoms. The van der Waals surface area contributed by atoms with Crippen molar-refractivity contribution in [3.05, 3.63) is 0 Å². The first-order valence-corrected chi connectivity index (χ1v) is 8.33. The Bertz CT molecular complexity index is 378. The quantitative estimate of drug-likeness (QED) is 0.785. The number of hydrogen-bond donors (Lipinski definition) is 1. The Morgan fingerprint density at radius 3 is 2.76 bits per heavy atom. The highest BCUT2D eigenvalue weighted by Crippen LogP contribution is 2.35.